The third-order valence-corrected chi connectivity index (χ3v) is 8.39. The first-order chi connectivity index (χ1) is 17.9. The summed E-state index contributed by atoms with van der Waals surface area (Å²) in [6.45, 7) is 6.94. The van der Waals surface area contributed by atoms with Crippen molar-refractivity contribution in [2.75, 3.05) is 55.6 Å². The van der Waals surface area contributed by atoms with Crippen LogP contribution < -0.4 is 20.4 Å². The van der Waals surface area contributed by atoms with Gasteiger partial charge in [-0.2, -0.15) is 18.4 Å². The summed E-state index contributed by atoms with van der Waals surface area (Å²) in [5.41, 5.74) is 1.96. The molecular formula is C29H36F3N5. The summed E-state index contributed by atoms with van der Waals surface area (Å²) >= 11 is 0. The lowest BCUT2D eigenvalue weighted by molar-refractivity contribution is -0.137. The van der Waals surface area contributed by atoms with E-state index < -0.39 is 11.7 Å². The van der Waals surface area contributed by atoms with Gasteiger partial charge in [0.2, 0.25) is 0 Å². The van der Waals surface area contributed by atoms with Crippen molar-refractivity contribution in [1.82, 2.24) is 10.6 Å². The number of rotatable bonds is 6. The maximum absolute atomic E-state index is 13.4. The lowest BCUT2D eigenvalue weighted by atomic mass is 9.88. The van der Waals surface area contributed by atoms with Gasteiger partial charge in [0, 0.05) is 50.1 Å². The number of hydrogen-bond acceptors (Lipinski definition) is 5. The van der Waals surface area contributed by atoms with Gasteiger partial charge >= 0.3 is 6.18 Å². The molecule has 0 spiro atoms. The van der Waals surface area contributed by atoms with Crippen LogP contribution in [-0.2, 0) is 6.18 Å². The maximum atomic E-state index is 13.4. The summed E-state index contributed by atoms with van der Waals surface area (Å²) in [4.78, 5) is 4.49. The van der Waals surface area contributed by atoms with Crippen molar-refractivity contribution in [3.63, 3.8) is 0 Å². The van der Waals surface area contributed by atoms with Crippen LogP contribution >= 0.6 is 0 Å². The van der Waals surface area contributed by atoms with Gasteiger partial charge in [-0.25, -0.2) is 0 Å². The number of nitrogens with one attached hydrogen (secondary N) is 2. The van der Waals surface area contributed by atoms with Crippen LogP contribution in [0.15, 0.2) is 42.5 Å². The van der Waals surface area contributed by atoms with E-state index in [0.29, 0.717) is 30.7 Å². The highest BCUT2D eigenvalue weighted by Gasteiger charge is 2.34. The van der Waals surface area contributed by atoms with Crippen LogP contribution in [-0.4, -0.2) is 51.9 Å². The quantitative estimate of drug-likeness (QED) is 0.563. The normalized spacial score (nSPS) is 21.8. The van der Waals surface area contributed by atoms with Gasteiger partial charge < -0.3 is 20.4 Å². The summed E-state index contributed by atoms with van der Waals surface area (Å²) in [6.07, 6.45) is 0.946. The molecule has 0 amide bonds. The van der Waals surface area contributed by atoms with Gasteiger partial charge in [0.25, 0.3) is 0 Å². The maximum Gasteiger partial charge on any atom is 0.417 e. The number of hydrogen-bond donors (Lipinski definition) is 2. The van der Waals surface area contributed by atoms with Crippen molar-refractivity contribution < 1.29 is 13.2 Å². The molecule has 0 saturated carbocycles. The van der Waals surface area contributed by atoms with Crippen molar-refractivity contribution in [2.45, 2.75) is 50.2 Å². The zero-order valence-corrected chi connectivity index (χ0v) is 21.2. The number of alkyl halides is 3. The number of benzene rings is 2. The van der Waals surface area contributed by atoms with Crippen LogP contribution in [0.2, 0.25) is 0 Å². The fraction of sp³-hybridized carbons (Fsp3) is 0.552. The highest BCUT2D eigenvalue weighted by molar-refractivity contribution is 5.55. The van der Waals surface area contributed by atoms with E-state index in [2.05, 4.69) is 39.8 Å². The minimum absolute atomic E-state index is 0.325. The van der Waals surface area contributed by atoms with E-state index in [1.54, 1.807) is 12.1 Å². The first-order valence-electron chi connectivity index (χ1n) is 13.6. The van der Waals surface area contributed by atoms with Crippen molar-refractivity contribution in [2.24, 2.45) is 5.92 Å². The predicted molar refractivity (Wildman–Crippen MR) is 141 cm³/mol. The lowest BCUT2D eigenvalue weighted by Crippen LogP contribution is -2.40. The first kappa shape index (κ1) is 25.9. The fourth-order valence-corrected chi connectivity index (χ4v) is 6.05. The molecule has 1 atom stereocenters. The molecule has 3 fully saturated rings. The Bertz CT molecular complexity index is 1070. The van der Waals surface area contributed by atoms with E-state index in [4.69, 9.17) is 5.26 Å². The Morgan fingerprint density at radius 1 is 0.892 bits per heavy atom. The molecule has 0 radical (unpaired) electrons. The Kier molecular flexibility index (Phi) is 7.92. The molecular weight excluding hydrogens is 475 g/mol. The number of piperidine rings is 2. The van der Waals surface area contributed by atoms with Crippen molar-refractivity contribution in [3.8, 4) is 6.07 Å². The van der Waals surface area contributed by atoms with Crippen LogP contribution in [0.3, 0.4) is 0 Å². The zero-order valence-electron chi connectivity index (χ0n) is 21.2. The molecule has 8 heteroatoms. The molecule has 2 aromatic carbocycles. The smallest absolute Gasteiger partial charge is 0.372 e. The molecule has 0 aliphatic carbocycles. The molecule has 2 N–H and O–H groups in total. The number of halogens is 3. The summed E-state index contributed by atoms with van der Waals surface area (Å²) in [5, 5.41) is 16.2. The zero-order chi connectivity index (χ0) is 25.8. The van der Waals surface area contributed by atoms with Gasteiger partial charge in [0.05, 0.1) is 17.2 Å². The van der Waals surface area contributed by atoms with Gasteiger partial charge in [0.15, 0.2) is 0 Å². The Morgan fingerprint density at radius 2 is 1.54 bits per heavy atom. The van der Waals surface area contributed by atoms with Crippen LogP contribution in [0.5, 0.6) is 0 Å². The second-order valence-electron chi connectivity index (χ2n) is 10.7. The second-order valence-corrected chi connectivity index (χ2v) is 10.7. The standard InChI is InChI=1S/C29H36F3N5/c30-29(31,32)28-17-27(6-3-24(28)18-33)37-15-10-23(11-16-37)22-1-4-26(5-2-22)36-13-8-21(9-14-36)19-35-25-7-12-34-20-25/h1-6,17,21,23,25,34-35H,7-16,19-20H2. The molecule has 1 unspecified atom stereocenters. The monoisotopic (exact) mass is 511 g/mol. The highest BCUT2D eigenvalue weighted by atomic mass is 19.4. The molecule has 0 bridgehead atoms. The van der Waals surface area contributed by atoms with Crippen molar-refractivity contribution >= 4 is 11.4 Å². The molecule has 3 saturated heterocycles. The van der Waals surface area contributed by atoms with E-state index in [-0.39, 0.29) is 5.56 Å². The molecule has 0 aromatic heterocycles. The van der Waals surface area contributed by atoms with E-state index in [1.807, 2.05) is 4.90 Å². The van der Waals surface area contributed by atoms with Gasteiger partial charge in [0.1, 0.15) is 0 Å². The average molecular weight is 512 g/mol. The predicted octanol–water partition coefficient (Wildman–Crippen LogP) is 5.13. The number of nitriles is 1. The molecule has 5 rings (SSSR count). The molecule has 37 heavy (non-hydrogen) atoms. The highest BCUT2D eigenvalue weighted by Crippen LogP contribution is 2.37. The van der Waals surface area contributed by atoms with Crippen LogP contribution in [0.25, 0.3) is 0 Å². The van der Waals surface area contributed by atoms with Crippen LogP contribution in [0, 0.1) is 17.2 Å². The molecule has 3 heterocycles. The third-order valence-electron chi connectivity index (χ3n) is 8.39. The summed E-state index contributed by atoms with van der Waals surface area (Å²) < 4.78 is 40.1. The molecule has 198 valence electrons. The van der Waals surface area contributed by atoms with E-state index in [1.165, 1.54) is 36.6 Å². The van der Waals surface area contributed by atoms with E-state index >= 15 is 0 Å². The average Bonchev–Trinajstić information content (AvgIpc) is 3.45. The summed E-state index contributed by atoms with van der Waals surface area (Å²) in [5.74, 6) is 1.16. The lowest BCUT2D eigenvalue weighted by Gasteiger charge is -2.35. The minimum Gasteiger partial charge on any atom is -0.372 e. The molecule has 2 aromatic rings. The Balaban J connectivity index is 1.12. The van der Waals surface area contributed by atoms with Gasteiger partial charge in [-0.15, -0.1) is 0 Å². The Morgan fingerprint density at radius 3 is 2.16 bits per heavy atom. The molecule has 3 aliphatic rings. The minimum atomic E-state index is -4.53. The van der Waals surface area contributed by atoms with Gasteiger partial charge in [-0.1, -0.05) is 12.1 Å². The van der Waals surface area contributed by atoms with Gasteiger partial charge in [-0.3, -0.25) is 0 Å². The molecule has 5 nitrogen and oxygen atoms in total. The van der Waals surface area contributed by atoms with E-state index in [9.17, 15) is 13.2 Å². The van der Waals surface area contributed by atoms with Crippen LogP contribution in [0.4, 0.5) is 24.5 Å². The van der Waals surface area contributed by atoms with E-state index in [0.717, 1.165) is 57.5 Å². The number of anilines is 2. The van der Waals surface area contributed by atoms with Crippen molar-refractivity contribution in [1.29, 1.82) is 5.26 Å². The third kappa shape index (κ3) is 6.22. The van der Waals surface area contributed by atoms with Crippen molar-refractivity contribution in [3.05, 3.63) is 59.2 Å². The SMILES string of the molecule is N#Cc1ccc(N2CCC(c3ccc(N4CCC(CNC5CCNC5)CC4)cc3)CC2)cc1C(F)(F)F. The van der Waals surface area contributed by atoms with Gasteiger partial charge in [-0.05, 0) is 92.9 Å². The Labute approximate surface area is 217 Å². The van der Waals surface area contributed by atoms with Crippen LogP contribution in [0.1, 0.15) is 54.7 Å². The summed E-state index contributed by atoms with van der Waals surface area (Å²) in [6, 6.07) is 15.3. The topological polar surface area (TPSA) is 54.3 Å². The fourth-order valence-electron chi connectivity index (χ4n) is 6.05. The Hall–Kier alpha value is -2.76. The summed E-state index contributed by atoms with van der Waals surface area (Å²) in [7, 11) is 0. The largest absolute Gasteiger partial charge is 0.417 e. The number of nitrogens with zero attached hydrogens (tertiary/aromatic N) is 3. The first-order valence-corrected chi connectivity index (χ1v) is 13.6. The molecule has 3 aliphatic heterocycles. The second kappa shape index (κ2) is 11.3.